The number of aromatic amines is 1. The molecule has 0 fully saturated rings. The molecule has 3 aromatic heterocycles. The van der Waals surface area contributed by atoms with Gasteiger partial charge in [-0.1, -0.05) is 12.1 Å². The first kappa shape index (κ1) is 20.8. The summed E-state index contributed by atoms with van der Waals surface area (Å²) >= 11 is 4.59. The number of thiophene rings is 1. The van der Waals surface area contributed by atoms with Crippen LogP contribution in [-0.2, 0) is 11.2 Å². The van der Waals surface area contributed by atoms with Gasteiger partial charge in [-0.05, 0) is 37.8 Å². The number of H-pyrrole nitrogens is 1. The standard InChI is InChI=1S/C21H20N4O2S3/c1-11-12(2)30-20-18(11)19(27)23-16(24-20)8-9-17(26)25-21-22-15(10-29-21)13-4-6-14(28-3)7-5-13/h4-7,10H,8-9H2,1-3H3,(H,22,25,26)(H,23,24,27). The Morgan fingerprint density at radius 2 is 1.97 bits per heavy atom. The molecule has 9 heteroatoms. The quantitative estimate of drug-likeness (QED) is 0.398. The number of nitrogens with zero attached hydrogens (tertiary/aromatic N) is 2. The molecule has 2 N–H and O–H groups in total. The van der Waals surface area contributed by atoms with Crippen molar-refractivity contribution in [2.24, 2.45) is 0 Å². The van der Waals surface area contributed by atoms with Crippen molar-refractivity contribution in [2.75, 3.05) is 11.6 Å². The zero-order chi connectivity index (χ0) is 21.3. The average molecular weight is 457 g/mol. The summed E-state index contributed by atoms with van der Waals surface area (Å²) in [6.45, 7) is 3.91. The maximum absolute atomic E-state index is 12.4. The molecule has 0 bridgehead atoms. The molecular formula is C21H20N4O2S3. The number of nitrogens with one attached hydrogen (secondary N) is 2. The summed E-state index contributed by atoms with van der Waals surface area (Å²) in [5.74, 6) is 0.368. The van der Waals surface area contributed by atoms with E-state index in [0.29, 0.717) is 22.8 Å². The molecule has 1 aromatic carbocycles. The summed E-state index contributed by atoms with van der Waals surface area (Å²) in [5, 5.41) is 5.97. The van der Waals surface area contributed by atoms with Crippen molar-refractivity contribution in [1.82, 2.24) is 15.0 Å². The van der Waals surface area contributed by atoms with E-state index in [1.807, 2.05) is 37.6 Å². The van der Waals surface area contributed by atoms with Gasteiger partial charge in [0.1, 0.15) is 10.7 Å². The van der Waals surface area contributed by atoms with Crippen LogP contribution in [0.1, 0.15) is 22.7 Å². The van der Waals surface area contributed by atoms with Gasteiger partial charge in [-0.3, -0.25) is 9.59 Å². The highest BCUT2D eigenvalue weighted by molar-refractivity contribution is 7.98. The highest BCUT2D eigenvalue weighted by Gasteiger charge is 2.13. The molecule has 0 radical (unpaired) electrons. The molecule has 30 heavy (non-hydrogen) atoms. The summed E-state index contributed by atoms with van der Waals surface area (Å²) in [7, 11) is 0. The second kappa shape index (κ2) is 8.71. The predicted octanol–water partition coefficient (Wildman–Crippen LogP) is 5.02. The Kier molecular flexibility index (Phi) is 6.03. The fourth-order valence-corrected chi connectivity index (χ4v) is 5.25. The van der Waals surface area contributed by atoms with Crippen molar-refractivity contribution in [1.29, 1.82) is 0 Å². The molecule has 0 saturated carbocycles. The summed E-state index contributed by atoms with van der Waals surface area (Å²) in [6.07, 6.45) is 2.62. The Hall–Kier alpha value is -2.49. The Morgan fingerprint density at radius 3 is 2.70 bits per heavy atom. The van der Waals surface area contributed by atoms with Crippen LogP contribution in [0.2, 0.25) is 0 Å². The van der Waals surface area contributed by atoms with E-state index in [1.165, 1.54) is 27.6 Å². The first-order chi connectivity index (χ1) is 14.4. The minimum atomic E-state index is -0.157. The van der Waals surface area contributed by atoms with Crippen LogP contribution < -0.4 is 10.9 Å². The van der Waals surface area contributed by atoms with Crippen molar-refractivity contribution in [3.05, 3.63) is 56.3 Å². The van der Waals surface area contributed by atoms with Crippen LogP contribution in [0.5, 0.6) is 0 Å². The van der Waals surface area contributed by atoms with Crippen molar-refractivity contribution >= 4 is 55.7 Å². The first-order valence-corrected chi connectivity index (χ1v) is 12.3. The van der Waals surface area contributed by atoms with Gasteiger partial charge in [-0.2, -0.15) is 0 Å². The average Bonchev–Trinajstić information content (AvgIpc) is 3.31. The number of rotatable bonds is 6. The van der Waals surface area contributed by atoms with Gasteiger partial charge in [-0.25, -0.2) is 9.97 Å². The lowest BCUT2D eigenvalue weighted by molar-refractivity contribution is -0.116. The van der Waals surface area contributed by atoms with E-state index in [2.05, 4.69) is 32.4 Å². The fraction of sp³-hybridized carbons (Fsp3) is 0.238. The van der Waals surface area contributed by atoms with Crippen molar-refractivity contribution < 1.29 is 4.79 Å². The van der Waals surface area contributed by atoms with Crippen LogP contribution in [0, 0.1) is 13.8 Å². The second-order valence-corrected chi connectivity index (χ2v) is 9.73. The van der Waals surface area contributed by atoms with Crippen LogP contribution in [-0.4, -0.2) is 27.1 Å². The third kappa shape index (κ3) is 4.33. The van der Waals surface area contributed by atoms with Crippen LogP contribution in [0.4, 0.5) is 5.13 Å². The van der Waals surface area contributed by atoms with E-state index in [1.54, 1.807) is 11.8 Å². The number of aryl methyl sites for hydroxylation is 3. The lowest BCUT2D eigenvalue weighted by Gasteiger charge is -2.03. The molecule has 3 heterocycles. The Morgan fingerprint density at radius 1 is 1.20 bits per heavy atom. The topological polar surface area (TPSA) is 87.7 Å². The van der Waals surface area contributed by atoms with Gasteiger partial charge in [0.15, 0.2) is 5.13 Å². The summed E-state index contributed by atoms with van der Waals surface area (Å²) in [6, 6.07) is 8.16. The van der Waals surface area contributed by atoms with Gasteiger partial charge in [0.25, 0.3) is 5.56 Å². The van der Waals surface area contributed by atoms with E-state index in [9.17, 15) is 9.59 Å². The molecular weight excluding hydrogens is 436 g/mol. The van der Waals surface area contributed by atoms with Crippen LogP contribution in [0.25, 0.3) is 21.5 Å². The molecule has 0 aliphatic heterocycles. The SMILES string of the molecule is CSc1ccc(-c2csc(NC(=O)CCc3nc4sc(C)c(C)c4c(=O)[nH]3)n2)cc1. The molecule has 0 saturated heterocycles. The number of anilines is 1. The van der Waals surface area contributed by atoms with Gasteiger partial charge < -0.3 is 10.3 Å². The molecule has 0 spiro atoms. The third-order valence-electron chi connectivity index (χ3n) is 4.81. The monoisotopic (exact) mass is 456 g/mol. The summed E-state index contributed by atoms with van der Waals surface area (Å²) in [4.78, 5) is 39.5. The van der Waals surface area contributed by atoms with Gasteiger partial charge >= 0.3 is 0 Å². The number of thioether (sulfide) groups is 1. The van der Waals surface area contributed by atoms with Crippen LogP contribution >= 0.6 is 34.4 Å². The largest absolute Gasteiger partial charge is 0.310 e. The number of hydrogen-bond acceptors (Lipinski definition) is 7. The molecule has 154 valence electrons. The molecule has 0 aliphatic rings. The first-order valence-electron chi connectivity index (χ1n) is 9.33. The van der Waals surface area contributed by atoms with Gasteiger partial charge in [0.05, 0.1) is 11.1 Å². The lowest BCUT2D eigenvalue weighted by Crippen LogP contribution is -2.16. The molecule has 4 aromatic rings. The number of benzene rings is 1. The predicted molar refractivity (Wildman–Crippen MR) is 126 cm³/mol. The smallest absolute Gasteiger partial charge is 0.259 e. The van der Waals surface area contributed by atoms with Crippen LogP contribution in [0.15, 0.2) is 39.3 Å². The fourth-order valence-electron chi connectivity index (χ4n) is 3.06. The van der Waals surface area contributed by atoms with E-state index >= 15 is 0 Å². The molecule has 4 rings (SSSR count). The minimum absolute atomic E-state index is 0.144. The summed E-state index contributed by atoms with van der Waals surface area (Å²) in [5.41, 5.74) is 2.68. The Labute approximate surface area is 185 Å². The second-order valence-electron chi connectivity index (χ2n) is 6.79. The zero-order valence-electron chi connectivity index (χ0n) is 16.7. The third-order valence-corrected chi connectivity index (χ3v) is 7.42. The number of carbonyl (C=O) groups is 1. The van der Waals surface area contributed by atoms with Crippen LogP contribution in [0.3, 0.4) is 0 Å². The maximum Gasteiger partial charge on any atom is 0.259 e. The number of thiazole rings is 1. The van der Waals surface area contributed by atoms with E-state index < -0.39 is 0 Å². The van der Waals surface area contributed by atoms with E-state index in [-0.39, 0.29) is 17.9 Å². The van der Waals surface area contributed by atoms with Gasteiger partial charge in [0.2, 0.25) is 5.91 Å². The van der Waals surface area contributed by atoms with Crippen molar-refractivity contribution in [2.45, 2.75) is 31.6 Å². The molecule has 0 unspecified atom stereocenters. The highest BCUT2D eigenvalue weighted by atomic mass is 32.2. The van der Waals surface area contributed by atoms with E-state index in [0.717, 1.165) is 26.5 Å². The lowest BCUT2D eigenvalue weighted by atomic mass is 10.2. The van der Waals surface area contributed by atoms with E-state index in [4.69, 9.17) is 0 Å². The van der Waals surface area contributed by atoms with Gasteiger partial charge in [-0.15, -0.1) is 34.4 Å². The Balaban J connectivity index is 1.40. The van der Waals surface area contributed by atoms with Crippen molar-refractivity contribution in [3.63, 3.8) is 0 Å². The van der Waals surface area contributed by atoms with Crippen molar-refractivity contribution in [3.8, 4) is 11.3 Å². The Bertz CT molecular complexity index is 1270. The number of hydrogen-bond donors (Lipinski definition) is 2. The number of amides is 1. The number of aromatic nitrogens is 3. The number of carbonyl (C=O) groups excluding carboxylic acids is 1. The van der Waals surface area contributed by atoms with Gasteiger partial charge in [0, 0.05) is 33.6 Å². The highest BCUT2D eigenvalue weighted by Crippen LogP contribution is 2.27. The molecule has 6 nitrogen and oxygen atoms in total. The molecule has 0 atom stereocenters. The normalized spacial score (nSPS) is 11.2. The minimum Gasteiger partial charge on any atom is -0.310 e. The molecule has 0 aliphatic carbocycles. The molecule has 1 amide bonds. The number of fused-ring (bicyclic) bond motifs is 1. The summed E-state index contributed by atoms with van der Waals surface area (Å²) < 4.78 is 0. The maximum atomic E-state index is 12.4. The zero-order valence-corrected chi connectivity index (χ0v) is 19.2.